The van der Waals surface area contributed by atoms with Crippen molar-refractivity contribution in [2.24, 2.45) is 0 Å². The van der Waals surface area contributed by atoms with Crippen LogP contribution in [0.5, 0.6) is 0 Å². The van der Waals surface area contributed by atoms with Crippen LogP contribution in [0.25, 0.3) is 0 Å². The van der Waals surface area contributed by atoms with Gasteiger partial charge in [-0.25, -0.2) is 21.6 Å². The molecule has 0 bridgehead atoms. The van der Waals surface area contributed by atoms with E-state index >= 15 is 0 Å². The average Bonchev–Trinajstić information content (AvgIpc) is 2.47. The Morgan fingerprint density at radius 3 is 2.35 bits per heavy atom. The first kappa shape index (κ1) is 18.4. The second-order valence-corrected chi connectivity index (χ2v) is 9.75. The smallest absolute Gasteiger partial charge is 0.240 e. The van der Waals surface area contributed by atoms with Crippen molar-refractivity contribution in [2.75, 3.05) is 32.4 Å². The normalized spacial score (nSPS) is 17.3. The van der Waals surface area contributed by atoms with E-state index in [9.17, 15) is 16.8 Å². The predicted octanol–water partition coefficient (Wildman–Crippen LogP) is 1.16. The third-order valence-corrected chi connectivity index (χ3v) is 6.76. The van der Waals surface area contributed by atoms with Gasteiger partial charge in [-0.05, 0) is 50.6 Å². The van der Waals surface area contributed by atoms with E-state index in [1.165, 1.54) is 24.6 Å². The summed E-state index contributed by atoms with van der Waals surface area (Å²) in [6.45, 7) is 4.66. The Morgan fingerprint density at radius 2 is 1.74 bits per heavy atom. The number of piperidine rings is 1. The van der Waals surface area contributed by atoms with Crippen molar-refractivity contribution in [2.45, 2.75) is 36.0 Å². The molecule has 1 aromatic rings. The second-order valence-electron chi connectivity index (χ2n) is 6.00. The van der Waals surface area contributed by atoms with Crippen LogP contribution in [0.2, 0.25) is 0 Å². The highest BCUT2D eigenvalue weighted by molar-refractivity contribution is 7.91. The molecule has 0 unspecified atom stereocenters. The van der Waals surface area contributed by atoms with Crippen LogP contribution in [0.1, 0.15) is 24.8 Å². The molecule has 1 aliphatic heterocycles. The Labute approximate surface area is 138 Å². The quantitative estimate of drug-likeness (QED) is 0.823. The molecule has 6 nitrogen and oxygen atoms in total. The van der Waals surface area contributed by atoms with Crippen molar-refractivity contribution in [3.05, 3.63) is 23.8 Å². The highest BCUT2D eigenvalue weighted by atomic mass is 32.2. The first-order valence-electron chi connectivity index (χ1n) is 7.73. The van der Waals surface area contributed by atoms with Gasteiger partial charge in [0.2, 0.25) is 10.0 Å². The zero-order chi connectivity index (χ0) is 17.1. The first-order valence-corrected chi connectivity index (χ1v) is 11.1. The first-order chi connectivity index (χ1) is 10.7. The number of likely N-dealkylation sites (tertiary alicyclic amines) is 1. The van der Waals surface area contributed by atoms with E-state index in [0.717, 1.165) is 32.2 Å². The zero-order valence-corrected chi connectivity index (χ0v) is 15.2. The van der Waals surface area contributed by atoms with Crippen molar-refractivity contribution in [1.82, 2.24) is 9.62 Å². The van der Waals surface area contributed by atoms with Gasteiger partial charge in [0.25, 0.3) is 0 Å². The van der Waals surface area contributed by atoms with Crippen molar-refractivity contribution in [3.63, 3.8) is 0 Å². The van der Waals surface area contributed by atoms with E-state index in [0.29, 0.717) is 18.7 Å². The fraction of sp³-hybridized carbons (Fsp3) is 0.600. The van der Waals surface area contributed by atoms with Crippen LogP contribution in [0.4, 0.5) is 0 Å². The molecule has 0 radical (unpaired) electrons. The van der Waals surface area contributed by atoms with Gasteiger partial charge in [0.1, 0.15) is 0 Å². The molecule has 0 aliphatic carbocycles. The molecule has 2 rings (SSSR count). The number of hydrogen-bond donors (Lipinski definition) is 1. The molecule has 0 amide bonds. The molecule has 130 valence electrons. The van der Waals surface area contributed by atoms with Crippen molar-refractivity contribution in [3.8, 4) is 0 Å². The number of aryl methyl sites for hydroxylation is 1. The predicted molar refractivity (Wildman–Crippen MR) is 89.8 cm³/mol. The van der Waals surface area contributed by atoms with Crippen LogP contribution in [0.15, 0.2) is 28.0 Å². The van der Waals surface area contributed by atoms with Gasteiger partial charge in [0.05, 0.1) is 9.79 Å². The average molecular weight is 361 g/mol. The van der Waals surface area contributed by atoms with E-state index in [-0.39, 0.29) is 9.79 Å². The number of benzene rings is 1. The van der Waals surface area contributed by atoms with Crippen LogP contribution < -0.4 is 4.72 Å². The molecule has 0 aromatic heterocycles. The zero-order valence-electron chi connectivity index (χ0n) is 13.6. The molecule has 8 heteroatoms. The summed E-state index contributed by atoms with van der Waals surface area (Å²) >= 11 is 0. The Hall–Kier alpha value is -0.960. The molecule has 1 fully saturated rings. The summed E-state index contributed by atoms with van der Waals surface area (Å²) in [6.07, 6.45) is 4.61. The van der Waals surface area contributed by atoms with E-state index in [1.807, 2.05) is 0 Å². The van der Waals surface area contributed by atoms with Gasteiger partial charge in [0.15, 0.2) is 9.84 Å². The van der Waals surface area contributed by atoms with Gasteiger partial charge in [-0.3, -0.25) is 0 Å². The van der Waals surface area contributed by atoms with Gasteiger partial charge in [-0.1, -0.05) is 12.5 Å². The Balaban J connectivity index is 2.09. The lowest BCUT2D eigenvalue weighted by Gasteiger charge is -2.26. The second kappa shape index (κ2) is 7.29. The van der Waals surface area contributed by atoms with E-state index in [4.69, 9.17) is 0 Å². The highest BCUT2D eigenvalue weighted by Gasteiger charge is 2.20. The van der Waals surface area contributed by atoms with Gasteiger partial charge >= 0.3 is 0 Å². The molecule has 1 N–H and O–H groups in total. The number of rotatable bonds is 6. The lowest BCUT2D eigenvalue weighted by Crippen LogP contribution is -2.37. The summed E-state index contributed by atoms with van der Waals surface area (Å²) in [4.78, 5) is 2.28. The number of sulfone groups is 1. The molecule has 0 spiro atoms. The Kier molecular flexibility index (Phi) is 5.83. The lowest BCUT2D eigenvalue weighted by molar-refractivity contribution is 0.233. The molecule has 0 saturated carbocycles. The molecular weight excluding hydrogens is 336 g/mol. The number of hydrogen-bond acceptors (Lipinski definition) is 5. The minimum atomic E-state index is -3.72. The molecule has 1 aromatic carbocycles. The topological polar surface area (TPSA) is 83.5 Å². The van der Waals surface area contributed by atoms with Gasteiger partial charge in [0, 0.05) is 19.3 Å². The van der Waals surface area contributed by atoms with E-state index in [1.54, 1.807) is 6.92 Å². The Bertz CT molecular complexity index is 752. The standard InChI is InChI=1S/C15H24N2O4S2/c1-13-6-7-14(22(2,18)19)12-15(13)23(20,21)16-8-11-17-9-4-3-5-10-17/h6-7,12,16H,3-5,8-11H2,1-2H3. The van der Waals surface area contributed by atoms with Gasteiger partial charge in [-0.15, -0.1) is 0 Å². The third-order valence-electron chi connectivity index (χ3n) is 4.05. The number of nitrogens with one attached hydrogen (secondary N) is 1. The molecule has 1 heterocycles. The maximum Gasteiger partial charge on any atom is 0.240 e. The summed E-state index contributed by atoms with van der Waals surface area (Å²) in [5, 5.41) is 0. The maximum atomic E-state index is 12.4. The fourth-order valence-electron chi connectivity index (χ4n) is 2.70. The summed E-state index contributed by atoms with van der Waals surface area (Å²) in [7, 11) is -7.16. The summed E-state index contributed by atoms with van der Waals surface area (Å²) in [5.41, 5.74) is 0.530. The van der Waals surface area contributed by atoms with E-state index in [2.05, 4.69) is 9.62 Å². The maximum absolute atomic E-state index is 12.4. The van der Waals surface area contributed by atoms with Crippen molar-refractivity contribution >= 4 is 19.9 Å². The van der Waals surface area contributed by atoms with Gasteiger partial charge < -0.3 is 4.90 Å². The molecule has 1 saturated heterocycles. The van der Waals surface area contributed by atoms with Crippen molar-refractivity contribution in [1.29, 1.82) is 0 Å². The minimum absolute atomic E-state index is 0.0134. The lowest BCUT2D eigenvalue weighted by atomic mass is 10.1. The summed E-state index contributed by atoms with van der Waals surface area (Å²) < 4.78 is 50.7. The highest BCUT2D eigenvalue weighted by Crippen LogP contribution is 2.20. The number of sulfonamides is 1. The summed E-state index contributed by atoms with van der Waals surface area (Å²) in [5.74, 6) is 0. The molecule has 1 aliphatic rings. The monoisotopic (exact) mass is 360 g/mol. The van der Waals surface area contributed by atoms with E-state index < -0.39 is 19.9 Å². The fourth-order valence-corrected chi connectivity index (χ4v) is 4.71. The van der Waals surface area contributed by atoms with Crippen LogP contribution in [-0.4, -0.2) is 54.2 Å². The molecular formula is C15H24N2O4S2. The van der Waals surface area contributed by atoms with Crippen molar-refractivity contribution < 1.29 is 16.8 Å². The largest absolute Gasteiger partial charge is 0.302 e. The Morgan fingerprint density at radius 1 is 1.09 bits per heavy atom. The van der Waals surface area contributed by atoms with Crippen LogP contribution in [0.3, 0.4) is 0 Å². The minimum Gasteiger partial charge on any atom is -0.302 e. The third kappa shape index (κ3) is 5.00. The summed E-state index contributed by atoms with van der Waals surface area (Å²) in [6, 6.07) is 4.18. The molecule has 23 heavy (non-hydrogen) atoms. The SMILES string of the molecule is Cc1ccc(S(C)(=O)=O)cc1S(=O)(=O)NCCN1CCCCC1. The van der Waals surface area contributed by atoms with Gasteiger partial charge in [-0.2, -0.15) is 0 Å². The van der Waals surface area contributed by atoms with Crippen LogP contribution in [0, 0.1) is 6.92 Å². The van der Waals surface area contributed by atoms with Crippen LogP contribution >= 0.6 is 0 Å². The number of nitrogens with zero attached hydrogens (tertiary/aromatic N) is 1. The van der Waals surface area contributed by atoms with Crippen LogP contribution in [-0.2, 0) is 19.9 Å². The molecule has 0 atom stereocenters.